The normalized spacial score (nSPS) is 16.7. The zero-order valence-electron chi connectivity index (χ0n) is 10.2. The molecule has 1 aliphatic carbocycles. The monoisotopic (exact) mass is 219 g/mol. The van der Waals surface area contributed by atoms with Crippen molar-refractivity contribution in [3.8, 4) is 0 Å². The predicted octanol–water partition coefficient (Wildman–Crippen LogP) is 2.23. The molecular weight excluding hydrogens is 198 g/mol. The molecule has 0 aliphatic heterocycles. The Labute approximate surface area is 97.7 Å². The molecule has 0 saturated heterocycles. The Kier molecular flexibility index (Phi) is 3.44. The highest BCUT2D eigenvalue weighted by Gasteiger charge is 2.21. The zero-order chi connectivity index (χ0) is 11.5. The van der Waals surface area contributed by atoms with Crippen LogP contribution in [0.1, 0.15) is 36.9 Å². The molecule has 0 amide bonds. The summed E-state index contributed by atoms with van der Waals surface area (Å²) in [5.74, 6) is 0. The number of nitrogens with zero attached hydrogens (tertiary/aromatic N) is 2. The number of aryl methyl sites for hydroxylation is 1. The van der Waals surface area contributed by atoms with Crippen molar-refractivity contribution < 1.29 is 0 Å². The smallest absolute Gasteiger partial charge is 0.0445 e. The molecular formula is C13H21N3. The minimum absolute atomic E-state index is 0.569. The van der Waals surface area contributed by atoms with Gasteiger partial charge in [-0.1, -0.05) is 12.8 Å². The summed E-state index contributed by atoms with van der Waals surface area (Å²) in [5, 5.41) is 0. The fourth-order valence-corrected chi connectivity index (χ4v) is 2.55. The fourth-order valence-electron chi connectivity index (χ4n) is 2.55. The molecule has 16 heavy (non-hydrogen) atoms. The van der Waals surface area contributed by atoms with Crippen LogP contribution in [-0.2, 0) is 6.54 Å². The Hall–Kier alpha value is -1.09. The van der Waals surface area contributed by atoms with E-state index < -0.39 is 0 Å². The largest absolute Gasteiger partial charge is 0.371 e. The van der Waals surface area contributed by atoms with E-state index in [1.807, 2.05) is 13.1 Å². The van der Waals surface area contributed by atoms with Crippen molar-refractivity contribution in [3.05, 3.63) is 23.5 Å². The minimum Gasteiger partial charge on any atom is -0.371 e. The molecule has 2 rings (SSSR count). The first-order valence-corrected chi connectivity index (χ1v) is 6.11. The second-order valence-electron chi connectivity index (χ2n) is 4.71. The summed E-state index contributed by atoms with van der Waals surface area (Å²) in [6, 6.07) is 2.84. The molecule has 0 aromatic carbocycles. The molecule has 0 unspecified atom stereocenters. The topological polar surface area (TPSA) is 42.1 Å². The number of aromatic nitrogens is 1. The van der Waals surface area contributed by atoms with Gasteiger partial charge < -0.3 is 10.6 Å². The van der Waals surface area contributed by atoms with Gasteiger partial charge in [-0.2, -0.15) is 0 Å². The Morgan fingerprint density at radius 3 is 2.75 bits per heavy atom. The average molecular weight is 219 g/mol. The Morgan fingerprint density at radius 1 is 1.44 bits per heavy atom. The summed E-state index contributed by atoms with van der Waals surface area (Å²) < 4.78 is 0. The number of anilines is 1. The van der Waals surface area contributed by atoms with Crippen molar-refractivity contribution in [2.24, 2.45) is 5.73 Å². The first kappa shape index (κ1) is 11.4. The molecule has 1 aliphatic rings. The molecule has 1 fully saturated rings. The van der Waals surface area contributed by atoms with Crippen molar-refractivity contribution in [2.45, 2.75) is 45.2 Å². The van der Waals surface area contributed by atoms with Crippen LogP contribution in [0.25, 0.3) is 0 Å². The van der Waals surface area contributed by atoms with Crippen LogP contribution in [0.3, 0.4) is 0 Å². The molecule has 1 heterocycles. The summed E-state index contributed by atoms with van der Waals surface area (Å²) in [4.78, 5) is 6.71. The molecule has 0 spiro atoms. The maximum atomic E-state index is 5.77. The summed E-state index contributed by atoms with van der Waals surface area (Å²) in [5.41, 5.74) is 9.26. The zero-order valence-corrected chi connectivity index (χ0v) is 10.2. The third-order valence-corrected chi connectivity index (χ3v) is 3.57. The third kappa shape index (κ3) is 2.19. The summed E-state index contributed by atoms with van der Waals surface area (Å²) >= 11 is 0. The highest BCUT2D eigenvalue weighted by Crippen LogP contribution is 2.29. The van der Waals surface area contributed by atoms with Crippen LogP contribution in [0.4, 0.5) is 5.69 Å². The predicted molar refractivity (Wildman–Crippen MR) is 67.5 cm³/mol. The van der Waals surface area contributed by atoms with E-state index in [-0.39, 0.29) is 0 Å². The molecule has 0 bridgehead atoms. The van der Waals surface area contributed by atoms with Gasteiger partial charge in [0.2, 0.25) is 0 Å². The molecule has 3 heteroatoms. The van der Waals surface area contributed by atoms with E-state index in [1.165, 1.54) is 31.4 Å². The van der Waals surface area contributed by atoms with Crippen LogP contribution in [-0.4, -0.2) is 18.1 Å². The number of rotatable bonds is 3. The first-order chi connectivity index (χ1) is 7.72. The standard InChI is InChI=1S/C13H21N3/c1-10-7-13(11(8-14)9-15-10)16(2)12-5-3-4-6-12/h7,9,12H,3-6,8,14H2,1-2H3. The lowest BCUT2D eigenvalue weighted by Gasteiger charge is -2.28. The minimum atomic E-state index is 0.569. The summed E-state index contributed by atoms with van der Waals surface area (Å²) in [7, 11) is 2.18. The molecule has 88 valence electrons. The van der Waals surface area contributed by atoms with E-state index >= 15 is 0 Å². The van der Waals surface area contributed by atoms with Gasteiger partial charge in [-0.3, -0.25) is 4.98 Å². The Balaban J connectivity index is 2.26. The number of nitrogens with two attached hydrogens (primary N) is 1. The third-order valence-electron chi connectivity index (χ3n) is 3.57. The van der Waals surface area contributed by atoms with E-state index in [0.29, 0.717) is 12.6 Å². The second-order valence-corrected chi connectivity index (χ2v) is 4.71. The van der Waals surface area contributed by atoms with Gasteiger partial charge in [-0.05, 0) is 25.8 Å². The number of hydrogen-bond acceptors (Lipinski definition) is 3. The van der Waals surface area contributed by atoms with E-state index in [4.69, 9.17) is 5.73 Å². The van der Waals surface area contributed by atoms with Gasteiger partial charge in [0.15, 0.2) is 0 Å². The lowest BCUT2D eigenvalue weighted by atomic mass is 10.1. The maximum absolute atomic E-state index is 5.77. The van der Waals surface area contributed by atoms with Gasteiger partial charge in [0.25, 0.3) is 0 Å². The average Bonchev–Trinajstić information content (AvgIpc) is 2.81. The van der Waals surface area contributed by atoms with Crippen molar-refractivity contribution >= 4 is 5.69 Å². The van der Waals surface area contributed by atoms with Gasteiger partial charge >= 0.3 is 0 Å². The molecule has 1 saturated carbocycles. The SMILES string of the molecule is Cc1cc(N(C)C2CCCC2)c(CN)cn1. The highest BCUT2D eigenvalue weighted by molar-refractivity contribution is 5.53. The van der Waals surface area contributed by atoms with Crippen LogP contribution in [0.5, 0.6) is 0 Å². The van der Waals surface area contributed by atoms with Crippen LogP contribution < -0.4 is 10.6 Å². The molecule has 0 atom stereocenters. The van der Waals surface area contributed by atoms with Crippen molar-refractivity contribution in [3.63, 3.8) is 0 Å². The molecule has 1 aromatic heterocycles. The van der Waals surface area contributed by atoms with Gasteiger partial charge in [0, 0.05) is 42.8 Å². The van der Waals surface area contributed by atoms with Crippen LogP contribution >= 0.6 is 0 Å². The summed E-state index contributed by atoms with van der Waals surface area (Å²) in [6.45, 7) is 2.60. The fraction of sp³-hybridized carbons (Fsp3) is 0.615. The van der Waals surface area contributed by atoms with Crippen molar-refractivity contribution in [1.29, 1.82) is 0 Å². The highest BCUT2D eigenvalue weighted by atomic mass is 15.1. The van der Waals surface area contributed by atoms with Crippen LogP contribution in [0.15, 0.2) is 12.3 Å². The van der Waals surface area contributed by atoms with Crippen molar-refractivity contribution in [1.82, 2.24) is 4.98 Å². The number of pyridine rings is 1. The van der Waals surface area contributed by atoms with Crippen LogP contribution in [0.2, 0.25) is 0 Å². The quantitative estimate of drug-likeness (QED) is 0.847. The van der Waals surface area contributed by atoms with E-state index in [9.17, 15) is 0 Å². The molecule has 2 N–H and O–H groups in total. The van der Waals surface area contributed by atoms with Crippen LogP contribution in [0, 0.1) is 6.92 Å². The first-order valence-electron chi connectivity index (χ1n) is 6.11. The number of hydrogen-bond donors (Lipinski definition) is 1. The van der Waals surface area contributed by atoms with Gasteiger partial charge in [-0.25, -0.2) is 0 Å². The Bertz CT molecular complexity index is 356. The van der Waals surface area contributed by atoms with Gasteiger partial charge in [-0.15, -0.1) is 0 Å². The lowest BCUT2D eigenvalue weighted by molar-refractivity contribution is 0.650. The maximum Gasteiger partial charge on any atom is 0.0445 e. The molecule has 3 nitrogen and oxygen atoms in total. The van der Waals surface area contributed by atoms with E-state index in [2.05, 4.69) is 23.0 Å². The van der Waals surface area contributed by atoms with Crippen molar-refractivity contribution in [2.75, 3.05) is 11.9 Å². The second kappa shape index (κ2) is 4.83. The summed E-state index contributed by atoms with van der Waals surface area (Å²) in [6.07, 6.45) is 7.24. The van der Waals surface area contributed by atoms with Gasteiger partial charge in [0.1, 0.15) is 0 Å². The van der Waals surface area contributed by atoms with E-state index in [0.717, 1.165) is 11.3 Å². The molecule has 1 aromatic rings. The van der Waals surface area contributed by atoms with Gasteiger partial charge in [0.05, 0.1) is 0 Å². The molecule has 0 radical (unpaired) electrons. The Morgan fingerprint density at radius 2 is 2.12 bits per heavy atom. The lowest BCUT2D eigenvalue weighted by Crippen LogP contribution is -2.30. The van der Waals surface area contributed by atoms with E-state index in [1.54, 1.807) is 0 Å².